The molecule has 0 spiro atoms. The first-order valence-electron chi connectivity index (χ1n) is 5.78. The van der Waals surface area contributed by atoms with Gasteiger partial charge in [-0.3, -0.25) is 4.79 Å². The number of aromatic nitrogens is 2. The molecular weight excluding hydrogens is 252 g/mol. The molecule has 0 saturated heterocycles. The number of carbonyl (C=O) groups is 1. The van der Waals surface area contributed by atoms with Crippen LogP contribution in [0.1, 0.15) is 43.1 Å². The molecule has 6 nitrogen and oxygen atoms in total. The van der Waals surface area contributed by atoms with Gasteiger partial charge in [0.05, 0.1) is 11.8 Å². The minimum atomic E-state index is -0.660. The van der Waals surface area contributed by atoms with Crippen LogP contribution in [0.4, 0.5) is 0 Å². The number of amides is 1. The Hall–Kier alpha value is -1.05. The van der Waals surface area contributed by atoms with Crippen LogP contribution in [0, 0.1) is 0 Å². The first kappa shape index (κ1) is 15.0. The molecule has 0 bridgehead atoms. The summed E-state index contributed by atoms with van der Waals surface area (Å²) in [4.78, 5) is 12.5. The van der Waals surface area contributed by atoms with Crippen molar-refractivity contribution in [2.75, 3.05) is 6.54 Å². The van der Waals surface area contributed by atoms with Crippen molar-refractivity contribution in [1.82, 2.24) is 14.9 Å². The molecule has 102 valence electrons. The first-order chi connectivity index (χ1) is 8.23. The zero-order valence-corrected chi connectivity index (χ0v) is 11.9. The van der Waals surface area contributed by atoms with E-state index in [-0.39, 0.29) is 17.9 Å². The number of aliphatic hydroxyl groups excluding tert-OH is 1. The molecule has 1 heterocycles. The predicted octanol–water partition coefficient (Wildman–Crippen LogP) is 0.273. The summed E-state index contributed by atoms with van der Waals surface area (Å²) in [6.45, 7) is 7.73. The predicted molar refractivity (Wildman–Crippen MR) is 70.6 cm³/mol. The largest absolute Gasteiger partial charge is 0.392 e. The summed E-state index contributed by atoms with van der Waals surface area (Å²) in [5, 5.41) is 15.9. The van der Waals surface area contributed by atoms with Crippen LogP contribution < -0.4 is 11.1 Å². The Morgan fingerprint density at radius 3 is 2.67 bits per heavy atom. The minimum absolute atomic E-state index is 0.220. The van der Waals surface area contributed by atoms with E-state index in [4.69, 9.17) is 5.73 Å². The molecule has 1 aromatic heterocycles. The first-order valence-corrected chi connectivity index (χ1v) is 6.55. The van der Waals surface area contributed by atoms with Crippen molar-refractivity contribution >= 4 is 17.4 Å². The van der Waals surface area contributed by atoms with Crippen molar-refractivity contribution in [3.05, 3.63) is 10.6 Å². The van der Waals surface area contributed by atoms with Gasteiger partial charge in [-0.2, -0.15) is 0 Å². The van der Waals surface area contributed by atoms with Crippen LogP contribution in [0.3, 0.4) is 0 Å². The van der Waals surface area contributed by atoms with Gasteiger partial charge in [0, 0.05) is 18.0 Å². The number of nitrogens with two attached hydrogens (primary N) is 1. The summed E-state index contributed by atoms with van der Waals surface area (Å²) in [5.74, 6) is -0.244. The number of nitrogens with zero attached hydrogens (tertiary/aromatic N) is 2. The van der Waals surface area contributed by atoms with Gasteiger partial charge in [0.2, 0.25) is 0 Å². The van der Waals surface area contributed by atoms with Gasteiger partial charge in [-0.25, -0.2) is 0 Å². The van der Waals surface area contributed by atoms with Crippen molar-refractivity contribution in [3.8, 4) is 0 Å². The van der Waals surface area contributed by atoms with Gasteiger partial charge in [-0.05, 0) is 18.5 Å². The van der Waals surface area contributed by atoms with E-state index in [1.54, 1.807) is 6.92 Å². The van der Waals surface area contributed by atoms with Crippen LogP contribution in [0.2, 0.25) is 0 Å². The molecule has 0 radical (unpaired) electrons. The average Bonchev–Trinajstić information content (AvgIpc) is 2.73. The van der Waals surface area contributed by atoms with E-state index in [1.807, 2.05) is 20.8 Å². The second kappa shape index (κ2) is 5.73. The zero-order valence-electron chi connectivity index (χ0n) is 11.1. The molecule has 0 aliphatic carbocycles. The molecule has 7 heteroatoms. The molecule has 0 aliphatic heterocycles. The lowest BCUT2D eigenvalue weighted by molar-refractivity contribution is 0.0939. The maximum absolute atomic E-state index is 12.0. The highest BCUT2D eigenvalue weighted by molar-refractivity contribution is 7.08. The fourth-order valence-electron chi connectivity index (χ4n) is 1.29. The quantitative estimate of drug-likeness (QED) is 0.730. The lowest BCUT2D eigenvalue weighted by Gasteiger charge is -2.18. The highest BCUT2D eigenvalue weighted by atomic mass is 32.1. The molecule has 2 atom stereocenters. The lowest BCUT2D eigenvalue weighted by Crippen LogP contribution is -2.43. The molecule has 1 rings (SSSR count). The SMILES string of the molecule is CC(O)C(N)CNC(=O)c1snnc1C(C)(C)C. The van der Waals surface area contributed by atoms with Crippen LogP contribution >= 0.6 is 11.5 Å². The Balaban J connectivity index is 2.71. The van der Waals surface area contributed by atoms with E-state index < -0.39 is 12.1 Å². The number of aliphatic hydroxyl groups is 1. The smallest absolute Gasteiger partial charge is 0.265 e. The van der Waals surface area contributed by atoms with Crippen LogP contribution in [0.25, 0.3) is 0 Å². The second-order valence-corrected chi connectivity index (χ2v) is 6.07. The summed E-state index contributed by atoms with van der Waals surface area (Å²) in [7, 11) is 0. The molecular formula is C11H20N4O2S. The Kier molecular flexibility index (Phi) is 4.78. The molecule has 0 fully saturated rings. The van der Waals surface area contributed by atoms with Gasteiger partial charge < -0.3 is 16.2 Å². The van der Waals surface area contributed by atoms with E-state index in [9.17, 15) is 9.90 Å². The normalized spacial score (nSPS) is 15.2. The summed E-state index contributed by atoms with van der Waals surface area (Å²) in [6.07, 6.45) is -0.660. The summed E-state index contributed by atoms with van der Waals surface area (Å²) in [5.41, 5.74) is 6.10. The highest BCUT2D eigenvalue weighted by Gasteiger charge is 2.26. The fraction of sp³-hybridized carbons (Fsp3) is 0.727. The molecule has 2 unspecified atom stereocenters. The number of carbonyl (C=O) groups excluding carboxylic acids is 1. The van der Waals surface area contributed by atoms with Crippen molar-refractivity contribution < 1.29 is 9.90 Å². The molecule has 0 saturated carbocycles. The number of hydrogen-bond acceptors (Lipinski definition) is 6. The Bertz CT molecular complexity index is 411. The summed E-state index contributed by atoms with van der Waals surface area (Å²) < 4.78 is 3.82. The average molecular weight is 272 g/mol. The van der Waals surface area contributed by atoms with E-state index >= 15 is 0 Å². The maximum Gasteiger partial charge on any atom is 0.265 e. The minimum Gasteiger partial charge on any atom is -0.392 e. The van der Waals surface area contributed by atoms with E-state index in [0.29, 0.717) is 10.6 Å². The Labute approximate surface area is 111 Å². The highest BCUT2D eigenvalue weighted by Crippen LogP contribution is 2.25. The standard InChI is InChI=1S/C11H20N4O2S/c1-6(16)7(12)5-13-10(17)8-9(11(2,3)4)14-15-18-8/h6-7,16H,5,12H2,1-4H3,(H,13,17). The van der Waals surface area contributed by atoms with Gasteiger partial charge in [-0.1, -0.05) is 25.3 Å². The molecule has 4 N–H and O–H groups in total. The monoisotopic (exact) mass is 272 g/mol. The van der Waals surface area contributed by atoms with Gasteiger partial charge in [-0.15, -0.1) is 5.10 Å². The van der Waals surface area contributed by atoms with Gasteiger partial charge in [0.1, 0.15) is 4.88 Å². The number of rotatable bonds is 4. The van der Waals surface area contributed by atoms with Crippen molar-refractivity contribution in [2.24, 2.45) is 5.73 Å². The van der Waals surface area contributed by atoms with Gasteiger partial charge >= 0.3 is 0 Å². The van der Waals surface area contributed by atoms with Gasteiger partial charge in [0.25, 0.3) is 5.91 Å². The number of hydrogen-bond donors (Lipinski definition) is 3. The third kappa shape index (κ3) is 3.72. The Morgan fingerprint density at radius 2 is 2.17 bits per heavy atom. The van der Waals surface area contributed by atoms with Crippen LogP contribution in [-0.2, 0) is 5.41 Å². The topological polar surface area (TPSA) is 101 Å². The third-order valence-corrected chi connectivity index (χ3v) is 3.25. The van der Waals surface area contributed by atoms with Crippen LogP contribution in [-0.4, -0.2) is 39.3 Å². The van der Waals surface area contributed by atoms with E-state index in [0.717, 1.165) is 11.5 Å². The van der Waals surface area contributed by atoms with Gasteiger partial charge in [0.15, 0.2) is 0 Å². The van der Waals surface area contributed by atoms with Crippen molar-refractivity contribution in [2.45, 2.75) is 45.3 Å². The van der Waals surface area contributed by atoms with Crippen molar-refractivity contribution in [1.29, 1.82) is 0 Å². The molecule has 0 aromatic carbocycles. The summed E-state index contributed by atoms with van der Waals surface area (Å²) in [6, 6.07) is -0.479. The van der Waals surface area contributed by atoms with Crippen molar-refractivity contribution in [3.63, 3.8) is 0 Å². The molecule has 1 amide bonds. The Morgan fingerprint density at radius 1 is 1.56 bits per heavy atom. The zero-order chi connectivity index (χ0) is 13.9. The molecule has 1 aromatic rings. The van der Waals surface area contributed by atoms with Crippen LogP contribution in [0.5, 0.6) is 0 Å². The molecule has 18 heavy (non-hydrogen) atoms. The number of nitrogens with one attached hydrogen (secondary N) is 1. The van der Waals surface area contributed by atoms with E-state index in [2.05, 4.69) is 14.9 Å². The second-order valence-electron chi connectivity index (χ2n) is 5.32. The van der Waals surface area contributed by atoms with E-state index in [1.165, 1.54) is 0 Å². The fourth-order valence-corrected chi connectivity index (χ4v) is 2.08. The maximum atomic E-state index is 12.0. The van der Waals surface area contributed by atoms with Crippen LogP contribution in [0.15, 0.2) is 0 Å². The molecule has 0 aliphatic rings. The third-order valence-electron chi connectivity index (χ3n) is 2.52. The lowest BCUT2D eigenvalue weighted by atomic mass is 9.91. The summed E-state index contributed by atoms with van der Waals surface area (Å²) >= 11 is 1.07.